The maximum atomic E-state index is 12.2. The summed E-state index contributed by atoms with van der Waals surface area (Å²) in [6, 6.07) is 12.2. The molecule has 0 saturated heterocycles. The van der Waals surface area contributed by atoms with Gasteiger partial charge in [0.1, 0.15) is 0 Å². The molecule has 0 fully saturated rings. The van der Waals surface area contributed by atoms with Crippen LogP contribution in [0.3, 0.4) is 0 Å². The summed E-state index contributed by atoms with van der Waals surface area (Å²) in [5.41, 5.74) is 1.09. The minimum atomic E-state index is -3.68. The van der Waals surface area contributed by atoms with E-state index in [2.05, 4.69) is 4.72 Å². The summed E-state index contributed by atoms with van der Waals surface area (Å²) in [5.74, 6) is 1.12. The van der Waals surface area contributed by atoms with E-state index >= 15 is 0 Å². The third-order valence-electron chi connectivity index (χ3n) is 3.16. The van der Waals surface area contributed by atoms with Crippen LogP contribution >= 0.6 is 0 Å². The molecule has 0 amide bonds. The first-order valence-corrected chi connectivity index (χ1v) is 8.59. The van der Waals surface area contributed by atoms with Gasteiger partial charge in [-0.05, 0) is 11.6 Å². The standard InChI is InChI=1S/C17H19NO5S/c1-21-15-11-14(12-16(22-2)17(15)23-3)18-24(19,20)10-9-13-7-5-4-6-8-13/h4-12,18H,1-3H3. The molecule has 0 aliphatic rings. The van der Waals surface area contributed by atoms with E-state index in [-0.39, 0.29) is 0 Å². The zero-order valence-corrected chi connectivity index (χ0v) is 14.5. The van der Waals surface area contributed by atoms with Crippen molar-refractivity contribution in [3.05, 3.63) is 53.4 Å². The summed E-state index contributed by atoms with van der Waals surface area (Å²) in [6.07, 6.45) is 1.51. The number of rotatable bonds is 7. The highest BCUT2D eigenvalue weighted by Crippen LogP contribution is 2.40. The van der Waals surface area contributed by atoms with E-state index in [4.69, 9.17) is 14.2 Å². The predicted molar refractivity (Wildman–Crippen MR) is 94.1 cm³/mol. The molecule has 7 heteroatoms. The second-order valence-corrected chi connectivity index (χ2v) is 6.34. The SMILES string of the molecule is COc1cc(NS(=O)(=O)C=Cc2ccccc2)cc(OC)c1OC. The number of methoxy groups -OCH3 is 3. The summed E-state index contributed by atoms with van der Waals surface area (Å²) in [5, 5.41) is 1.10. The van der Waals surface area contributed by atoms with Crippen LogP contribution in [0.15, 0.2) is 47.9 Å². The Kier molecular flexibility index (Phi) is 5.70. The average Bonchev–Trinajstić information content (AvgIpc) is 2.59. The Morgan fingerprint density at radius 2 is 1.50 bits per heavy atom. The van der Waals surface area contributed by atoms with Crippen LogP contribution < -0.4 is 18.9 Å². The molecular formula is C17H19NO5S. The third kappa shape index (κ3) is 4.42. The minimum absolute atomic E-state index is 0.308. The van der Waals surface area contributed by atoms with Crippen LogP contribution in [0.1, 0.15) is 5.56 Å². The second-order valence-electron chi connectivity index (χ2n) is 4.77. The van der Waals surface area contributed by atoms with Crippen molar-refractivity contribution < 1.29 is 22.6 Å². The summed E-state index contributed by atoms with van der Waals surface area (Å²) in [4.78, 5) is 0. The smallest absolute Gasteiger partial charge is 0.255 e. The van der Waals surface area contributed by atoms with E-state index in [0.717, 1.165) is 11.0 Å². The van der Waals surface area contributed by atoms with Crippen LogP contribution in [-0.2, 0) is 10.0 Å². The van der Waals surface area contributed by atoms with Crippen molar-refractivity contribution in [1.82, 2.24) is 0 Å². The highest BCUT2D eigenvalue weighted by molar-refractivity contribution is 7.95. The Morgan fingerprint density at radius 3 is 2.00 bits per heavy atom. The van der Waals surface area contributed by atoms with Crippen molar-refractivity contribution in [2.45, 2.75) is 0 Å². The van der Waals surface area contributed by atoms with Crippen LogP contribution in [0.25, 0.3) is 6.08 Å². The lowest BCUT2D eigenvalue weighted by molar-refractivity contribution is 0.325. The first-order valence-electron chi connectivity index (χ1n) is 7.05. The molecule has 128 valence electrons. The molecule has 0 aliphatic carbocycles. The highest BCUT2D eigenvalue weighted by atomic mass is 32.2. The van der Waals surface area contributed by atoms with Gasteiger partial charge in [0, 0.05) is 12.1 Å². The van der Waals surface area contributed by atoms with Gasteiger partial charge in [0.2, 0.25) is 5.75 Å². The van der Waals surface area contributed by atoms with Crippen molar-refractivity contribution >= 4 is 21.8 Å². The second kappa shape index (κ2) is 7.74. The normalized spacial score (nSPS) is 11.3. The molecule has 0 bridgehead atoms. The molecule has 0 saturated carbocycles. The zero-order valence-electron chi connectivity index (χ0n) is 13.6. The van der Waals surface area contributed by atoms with Crippen LogP contribution in [0.4, 0.5) is 5.69 Å². The summed E-state index contributed by atoms with van der Waals surface area (Å²) in [6.45, 7) is 0. The van der Waals surface area contributed by atoms with Gasteiger partial charge in [0.05, 0.1) is 32.4 Å². The number of anilines is 1. The molecule has 0 aliphatic heterocycles. The van der Waals surface area contributed by atoms with E-state index in [1.165, 1.54) is 39.5 Å². The van der Waals surface area contributed by atoms with E-state index < -0.39 is 10.0 Å². The number of benzene rings is 2. The van der Waals surface area contributed by atoms with Crippen LogP contribution in [-0.4, -0.2) is 29.7 Å². The van der Waals surface area contributed by atoms with Gasteiger partial charge in [-0.15, -0.1) is 0 Å². The first-order chi connectivity index (χ1) is 11.5. The van der Waals surface area contributed by atoms with E-state index in [1.807, 2.05) is 30.3 Å². The zero-order chi connectivity index (χ0) is 17.6. The van der Waals surface area contributed by atoms with E-state index in [9.17, 15) is 8.42 Å². The Balaban J connectivity index is 2.27. The Bertz CT molecular complexity index is 791. The Morgan fingerprint density at radius 1 is 0.917 bits per heavy atom. The molecule has 0 unspecified atom stereocenters. The first kappa shape index (κ1) is 17.7. The van der Waals surface area contributed by atoms with Gasteiger partial charge in [-0.25, -0.2) is 8.42 Å². The van der Waals surface area contributed by atoms with Crippen LogP contribution in [0, 0.1) is 0 Å². The molecule has 24 heavy (non-hydrogen) atoms. The fourth-order valence-corrected chi connectivity index (χ4v) is 2.92. The van der Waals surface area contributed by atoms with Gasteiger partial charge in [-0.2, -0.15) is 0 Å². The minimum Gasteiger partial charge on any atom is -0.493 e. The highest BCUT2D eigenvalue weighted by Gasteiger charge is 2.15. The van der Waals surface area contributed by atoms with Crippen molar-refractivity contribution in [1.29, 1.82) is 0 Å². The molecule has 0 radical (unpaired) electrons. The Hall–Kier alpha value is -2.67. The lowest BCUT2D eigenvalue weighted by atomic mass is 10.2. The number of hydrogen-bond donors (Lipinski definition) is 1. The predicted octanol–water partition coefficient (Wildman–Crippen LogP) is 3.13. The average molecular weight is 349 g/mol. The third-order valence-corrected chi connectivity index (χ3v) is 4.18. The van der Waals surface area contributed by atoms with E-state index in [0.29, 0.717) is 22.9 Å². The number of ether oxygens (including phenoxy) is 3. The van der Waals surface area contributed by atoms with Crippen LogP contribution in [0.5, 0.6) is 17.2 Å². The lowest BCUT2D eigenvalue weighted by Crippen LogP contribution is -2.09. The van der Waals surface area contributed by atoms with Crippen molar-refractivity contribution in [2.24, 2.45) is 0 Å². The largest absolute Gasteiger partial charge is 0.493 e. The quantitative estimate of drug-likeness (QED) is 0.831. The lowest BCUT2D eigenvalue weighted by Gasteiger charge is -2.14. The molecule has 0 aromatic heterocycles. The van der Waals surface area contributed by atoms with Gasteiger partial charge < -0.3 is 14.2 Å². The molecule has 2 rings (SSSR count). The van der Waals surface area contributed by atoms with E-state index in [1.54, 1.807) is 0 Å². The van der Waals surface area contributed by atoms with Gasteiger partial charge in [0.25, 0.3) is 10.0 Å². The maximum Gasteiger partial charge on any atom is 0.255 e. The maximum absolute atomic E-state index is 12.2. The molecule has 0 spiro atoms. The molecule has 2 aromatic carbocycles. The van der Waals surface area contributed by atoms with Crippen LogP contribution in [0.2, 0.25) is 0 Å². The molecule has 6 nitrogen and oxygen atoms in total. The Labute approximate surface area is 141 Å². The van der Waals surface area contributed by atoms with Gasteiger partial charge in [0.15, 0.2) is 11.5 Å². The number of hydrogen-bond acceptors (Lipinski definition) is 5. The molecular weight excluding hydrogens is 330 g/mol. The van der Waals surface area contributed by atoms with Gasteiger partial charge in [-0.1, -0.05) is 30.3 Å². The summed E-state index contributed by atoms with van der Waals surface area (Å²) < 4.78 is 42.5. The number of nitrogens with one attached hydrogen (secondary N) is 1. The van der Waals surface area contributed by atoms with Gasteiger partial charge in [-0.3, -0.25) is 4.72 Å². The summed E-state index contributed by atoms with van der Waals surface area (Å²) in [7, 11) is 0.720. The monoisotopic (exact) mass is 349 g/mol. The molecule has 0 heterocycles. The fraction of sp³-hybridized carbons (Fsp3) is 0.176. The molecule has 2 aromatic rings. The number of sulfonamides is 1. The van der Waals surface area contributed by atoms with Crippen molar-refractivity contribution in [3.63, 3.8) is 0 Å². The molecule has 0 atom stereocenters. The van der Waals surface area contributed by atoms with Gasteiger partial charge >= 0.3 is 0 Å². The topological polar surface area (TPSA) is 73.9 Å². The fourth-order valence-electron chi connectivity index (χ4n) is 2.07. The van der Waals surface area contributed by atoms with Crippen molar-refractivity contribution in [2.75, 3.05) is 26.1 Å². The molecule has 1 N–H and O–H groups in total. The van der Waals surface area contributed by atoms with Crippen molar-refractivity contribution in [3.8, 4) is 17.2 Å². The summed E-state index contributed by atoms with van der Waals surface area (Å²) >= 11 is 0.